The second-order valence-electron chi connectivity index (χ2n) is 3.54. The molecule has 2 saturated carbocycles. The van der Waals surface area contributed by atoms with Crippen molar-refractivity contribution in [1.82, 2.24) is 0 Å². The number of fused-ring (bicyclic) bond motifs is 1. The van der Waals surface area contributed by atoms with Crippen LogP contribution in [0.2, 0.25) is 0 Å². The lowest BCUT2D eigenvalue weighted by atomic mass is 9.47. The molecule has 0 atom stereocenters. The van der Waals surface area contributed by atoms with E-state index in [1.165, 1.54) is 7.11 Å². The van der Waals surface area contributed by atoms with Gasteiger partial charge in [-0.1, -0.05) is 0 Å². The van der Waals surface area contributed by atoms with Gasteiger partial charge in [-0.25, -0.2) is 0 Å². The Bertz CT molecular complexity index is 204. The van der Waals surface area contributed by atoms with Gasteiger partial charge in [0.05, 0.1) is 17.4 Å². The number of hydrogen-bond acceptors (Lipinski definition) is 2. The molecule has 0 heterocycles. The smallest absolute Gasteiger partial charge is 0.313 e. The Balaban J connectivity index is 2.19. The summed E-state index contributed by atoms with van der Waals surface area (Å²) in [5, 5.41) is 0. The van der Waals surface area contributed by atoms with Crippen LogP contribution in [0.4, 0.5) is 0 Å². The van der Waals surface area contributed by atoms with Crippen LogP contribution in [0.3, 0.4) is 0 Å². The summed E-state index contributed by atoms with van der Waals surface area (Å²) in [6, 6.07) is 0. The van der Waals surface area contributed by atoms with Crippen molar-refractivity contribution in [3.8, 4) is 0 Å². The first kappa shape index (κ1) is 7.41. The zero-order chi connectivity index (χ0) is 8.11. The minimum atomic E-state index is -0.288. The van der Waals surface area contributed by atoms with E-state index in [9.17, 15) is 4.79 Å². The molecular weight excluding hydrogens is 164 g/mol. The van der Waals surface area contributed by atoms with E-state index in [-0.39, 0.29) is 16.3 Å². The number of rotatable bonds is 1. The number of esters is 1. The highest BCUT2D eigenvalue weighted by atomic mass is 35.5. The van der Waals surface area contributed by atoms with Crippen molar-refractivity contribution >= 4 is 17.6 Å². The third kappa shape index (κ3) is 0.621. The normalized spacial score (nSPS) is 46.7. The Morgan fingerprint density at radius 2 is 1.91 bits per heavy atom. The first-order valence-corrected chi connectivity index (χ1v) is 4.30. The molecule has 0 saturated heterocycles. The maximum Gasteiger partial charge on any atom is 0.313 e. The SMILES string of the molecule is COC(=O)C12CCC1(Cl)CC2. The standard InChI is InChI=1S/C8H11ClO2/c1-11-6(10)7-2-4-8(7,9)5-3-7/h2-5H2,1H3. The molecule has 0 spiro atoms. The van der Waals surface area contributed by atoms with Crippen LogP contribution < -0.4 is 0 Å². The highest BCUT2D eigenvalue weighted by Gasteiger charge is 2.69. The summed E-state index contributed by atoms with van der Waals surface area (Å²) >= 11 is 6.17. The Kier molecular flexibility index (Phi) is 1.29. The van der Waals surface area contributed by atoms with Crippen molar-refractivity contribution in [1.29, 1.82) is 0 Å². The van der Waals surface area contributed by atoms with Crippen LogP contribution in [0.15, 0.2) is 0 Å². The zero-order valence-corrected chi connectivity index (χ0v) is 7.28. The van der Waals surface area contributed by atoms with Crippen molar-refractivity contribution in [2.45, 2.75) is 30.6 Å². The average Bonchev–Trinajstić information content (AvgIpc) is 2.03. The molecule has 0 aromatic heterocycles. The molecule has 11 heavy (non-hydrogen) atoms. The maximum absolute atomic E-state index is 11.3. The third-order valence-electron chi connectivity index (χ3n) is 3.33. The molecule has 0 amide bonds. The van der Waals surface area contributed by atoms with Crippen LogP contribution in [0, 0.1) is 5.41 Å². The van der Waals surface area contributed by atoms with Gasteiger partial charge in [-0.05, 0) is 25.7 Å². The fourth-order valence-electron chi connectivity index (χ4n) is 2.23. The van der Waals surface area contributed by atoms with Crippen LogP contribution in [0.5, 0.6) is 0 Å². The van der Waals surface area contributed by atoms with Crippen LogP contribution in [-0.4, -0.2) is 18.0 Å². The summed E-state index contributed by atoms with van der Waals surface area (Å²) in [5.41, 5.74) is -0.288. The van der Waals surface area contributed by atoms with Gasteiger partial charge in [0.25, 0.3) is 0 Å². The van der Waals surface area contributed by atoms with Gasteiger partial charge in [-0.2, -0.15) is 0 Å². The van der Waals surface area contributed by atoms with Gasteiger partial charge in [-0.15, -0.1) is 11.6 Å². The molecular formula is C8H11ClO2. The first-order chi connectivity index (χ1) is 5.15. The predicted molar refractivity (Wildman–Crippen MR) is 41.5 cm³/mol. The van der Waals surface area contributed by atoms with Gasteiger partial charge in [0.1, 0.15) is 0 Å². The molecule has 2 aliphatic rings. The summed E-state index contributed by atoms with van der Waals surface area (Å²) in [7, 11) is 1.44. The van der Waals surface area contributed by atoms with Crippen molar-refractivity contribution < 1.29 is 9.53 Å². The molecule has 0 aromatic carbocycles. The van der Waals surface area contributed by atoms with E-state index >= 15 is 0 Å². The number of ether oxygens (including phenoxy) is 1. The highest BCUT2D eigenvalue weighted by Crippen LogP contribution is 2.68. The molecule has 0 radical (unpaired) electrons. The molecule has 0 N–H and O–H groups in total. The molecule has 2 aliphatic carbocycles. The minimum Gasteiger partial charge on any atom is -0.469 e. The number of methoxy groups -OCH3 is 1. The number of carbonyl (C=O) groups excluding carboxylic acids is 1. The largest absolute Gasteiger partial charge is 0.469 e. The van der Waals surface area contributed by atoms with Crippen molar-refractivity contribution in [2.75, 3.05) is 7.11 Å². The fourth-order valence-corrected chi connectivity index (χ4v) is 2.68. The lowest BCUT2D eigenvalue weighted by Gasteiger charge is -2.62. The van der Waals surface area contributed by atoms with Gasteiger partial charge in [0.2, 0.25) is 0 Å². The molecule has 3 heteroatoms. The predicted octanol–water partition coefficient (Wildman–Crippen LogP) is 1.71. The summed E-state index contributed by atoms with van der Waals surface area (Å²) in [5.74, 6) is -0.106. The van der Waals surface area contributed by atoms with E-state index < -0.39 is 0 Å². The lowest BCUT2D eigenvalue weighted by molar-refractivity contribution is -0.175. The van der Waals surface area contributed by atoms with Crippen molar-refractivity contribution in [3.05, 3.63) is 0 Å². The Hall–Kier alpha value is -0.240. The van der Waals surface area contributed by atoms with Crippen LogP contribution in [0.25, 0.3) is 0 Å². The molecule has 0 aromatic rings. The second-order valence-corrected chi connectivity index (χ2v) is 4.26. The average molecular weight is 175 g/mol. The second kappa shape index (κ2) is 1.92. The van der Waals surface area contributed by atoms with E-state index in [1.54, 1.807) is 0 Å². The number of halogens is 1. The van der Waals surface area contributed by atoms with E-state index in [1.807, 2.05) is 0 Å². The summed E-state index contributed by atoms with van der Waals surface area (Å²) in [4.78, 5) is 11.1. The number of alkyl halides is 1. The number of carbonyl (C=O) groups is 1. The van der Waals surface area contributed by atoms with Gasteiger partial charge in [-0.3, -0.25) is 4.79 Å². The van der Waals surface area contributed by atoms with Gasteiger partial charge < -0.3 is 4.74 Å². The molecule has 0 bridgehead atoms. The molecule has 0 unspecified atom stereocenters. The van der Waals surface area contributed by atoms with E-state index in [4.69, 9.17) is 16.3 Å². The molecule has 2 rings (SSSR count). The zero-order valence-electron chi connectivity index (χ0n) is 6.52. The first-order valence-electron chi connectivity index (χ1n) is 3.92. The minimum absolute atomic E-state index is 0.106. The quantitative estimate of drug-likeness (QED) is 0.447. The molecule has 62 valence electrons. The van der Waals surface area contributed by atoms with Crippen LogP contribution in [0.1, 0.15) is 25.7 Å². The molecule has 0 aliphatic heterocycles. The summed E-state index contributed by atoms with van der Waals surface area (Å²) in [6.45, 7) is 0. The van der Waals surface area contributed by atoms with Gasteiger partial charge in [0, 0.05) is 0 Å². The fraction of sp³-hybridized carbons (Fsp3) is 0.875. The van der Waals surface area contributed by atoms with Crippen LogP contribution >= 0.6 is 11.6 Å². The Morgan fingerprint density at radius 1 is 1.36 bits per heavy atom. The topological polar surface area (TPSA) is 26.3 Å². The summed E-state index contributed by atoms with van der Waals surface area (Å²) in [6.07, 6.45) is 3.79. The van der Waals surface area contributed by atoms with E-state index in [2.05, 4.69) is 0 Å². The van der Waals surface area contributed by atoms with Gasteiger partial charge >= 0.3 is 5.97 Å². The molecule has 2 fully saturated rings. The van der Waals surface area contributed by atoms with Gasteiger partial charge in [0.15, 0.2) is 0 Å². The highest BCUT2D eigenvalue weighted by molar-refractivity contribution is 6.27. The Morgan fingerprint density at radius 3 is 2.00 bits per heavy atom. The Labute approximate surface area is 70.9 Å². The molecule has 2 nitrogen and oxygen atoms in total. The third-order valence-corrected chi connectivity index (χ3v) is 4.07. The van der Waals surface area contributed by atoms with Crippen molar-refractivity contribution in [2.24, 2.45) is 5.41 Å². The number of hydrogen-bond donors (Lipinski definition) is 0. The van der Waals surface area contributed by atoms with E-state index in [0.29, 0.717) is 0 Å². The van der Waals surface area contributed by atoms with Crippen LogP contribution in [-0.2, 0) is 9.53 Å². The summed E-state index contributed by atoms with van der Waals surface area (Å²) < 4.78 is 4.72. The lowest BCUT2D eigenvalue weighted by Crippen LogP contribution is -2.65. The van der Waals surface area contributed by atoms with Crippen molar-refractivity contribution in [3.63, 3.8) is 0 Å². The monoisotopic (exact) mass is 174 g/mol. The maximum atomic E-state index is 11.3. The van der Waals surface area contributed by atoms with E-state index in [0.717, 1.165) is 25.7 Å².